The molecule has 6 N–H and O–H groups in total. The highest BCUT2D eigenvalue weighted by Gasteiger charge is 2.64. The third-order valence-electron chi connectivity index (χ3n) is 4.28. The van der Waals surface area contributed by atoms with Gasteiger partial charge in [-0.3, -0.25) is 9.59 Å². The first-order valence-corrected chi connectivity index (χ1v) is 6.96. The van der Waals surface area contributed by atoms with Crippen LogP contribution in [0.5, 0.6) is 0 Å². The molecule has 0 radical (unpaired) electrons. The lowest BCUT2D eigenvalue weighted by Gasteiger charge is -2.52. The van der Waals surface area contributed by atoms with Crippen molar-refractivity contribution in [3.63, 3.8) is 0 Å². The van der Waals surface area contributed by atoms with Crippen molar-refractivity contribution in [1.29, 1.82) is 0 Å². The number of hydrogen-bond donors (Lipinski definition) is 6. The second-order valence-electron chi connectivity index (χ2n) is 6.00. The summed E-state index contributed by atoms with van der Waals surface area (Å²) in [5.74, 6) is -1.88. The number of nitrogens with zero attached hydrogens (tertiary/aromatic N) is 1. The van der Waals surface area contributed by atoms with Gasteiger partial charge in [0.05, 0.1) is 13.2 Å². The van der Waals surface area contributed by atoms with E-state index in [0.717, 1.165) is 6.92 Å². The first kappa shape index (κ1) is 17.8. The Morgan fingerprint density at radius 2 is 2.04 bits per heavy atom. The van der Waals surface area contributed by atoms with Crippen molar-refractivity contribution in [2.75, 3.05) is 20.3 Å². The molecule has 3 heterocycles. The summed E-state index contributed by atoms with van der Waals surface area (Å²) >= 11 is 0. The number of aliphatic hydroxyl groups is 3. The van der Waals surface area contributed by atoms with E-state index in [1.807, 2.05) is 0 Å². The van der Waals surface area contributed by atoms with Crippen LogP contribution < -0.4 is 10.6 Å². The Morgan fingerprint density at radius 3 is 2.57 bits per heavy atom. The summed E-state index contributed by atoms with van der Waals surface area (Å²) < 4.78 is 5.36. The summed E-state index contributed by atoms with van der Waals surface area (Å²) in [5.41, 5.74) is -6.14. The van der Waals surface area contributed by atoms with Crippen LogP contribution in [0.4, 0.5) is 0 Å². The maximum Gasteiger partial charge on any atom is 0.278 e. The highest BCUT2D eigenvalue weighted by molar-refractivity contribution is 6.03. The molecule has 0 aromatic rings. The van der Waals surface area contributed by atoms with E-state index in [9.17, 15) is 30.1 Å². The van der Waals surface area contributed by atoms with Gasteiger partial charge in [-0.2, -0.15) is 5.06 Å². The Bertz CT molecular complexity index is 550. The topological polar surface area (TPSA) is 152 Å². The van der Waals surface area contributed by atoms with Gasteiger partial charge in [0.15, 0.2) is 0 Å². The fourth-order valence-corrected chi connectivity index (χ4v) is 2.75. The summed E-state index contributed by atoms with van der Waals surface area (Å²) in [6.07, 6.45) is -1.86. The van der Waals surface area contributed by atoms with E-state index in [0.29, 0.717) is 5.06 Å². The highest BCUT2D eigenvalue weighted by Crippen LogP contribution is 2.34. The number of aliphatic hydroxyl groups excluding tert-OH is 2. The maximum atomic E-state index is 12.6. The predicted molar refractivity (Wildman–Crippen MR) is 74.7 cm³/mol. The van der Waals surface area contributed by atoms with Crippen molar-refractivity contribution in [2.45, 2.75) is 36.4 Å². The molecular formula is C13H21N3O7. The number of hydrogen-bond acceptors (Lipinski definition) is 8. The van der Waals surface area contributed by atoms with Crippen LogP contribution >= 0.6 is 0 Å². The lowest BCUT2D eigenvalue weighted by atomic mass is 9.84. The summed E-state index contributed by atoms with van der Waals surface area (Å²) in [4.78, 5) is 25.1. The SMILES string of the molecule is C=C1CCOC2([C@@H](O)[C@@](C)(O)CO)NC(=O)[C@@]1(N(C)O)NC2=O. The maximum absolute atomic E-state index is 12.6. The fraction of sp³-hybridized carbons (Fsp3) is 0.692. The van der Waals surface area contributed by atoms with E-state index >= 15 is 0 Å². The van der Waals surface area contributed by atoms with Crippen LogP contribution in [0.1, 0.15) is 13.3 Å². The molecule has 130 valence electrons. The molecule has 0 aliphatic carbocycles. The van der Waals surface area contributed by atoms with Gasteiger partial charge < -0.3 is 35.9 Å². The summed E-state index contributed by atoms with van der Waals surface area (Å²) in [5, 5.41) is 44.5. The Hall–Kier alpha value is -1.56. The molecular weight excluding hydrogens is 310 g/mol. The van der Waals surface area contributed by atoms with E-state index < -0.39 is 41.5 Å². The van der Waals surface area contributed by atoms with Crippen molar-refractivity contribution < 1.29 is 34.9 Å². The second-order valence-corrected chi connectivity index (χ2v) is 6.00. The minimum atomic E-state index is -2.30. The number of rotatable bonds is 4. The third kappa shape index (κ3) is 2.35. The van der Waals surface area contributed by atoms with Crippen molar-refractivity contribution in [2.24, 2.45) is 0 Å². The van der Waals surface area contributed by atoms with E-state index in [-0.39, 0.29) is 18.6 Å². The molecule has 23 heavy (non-hydrogen) atoms. The van der Waals surface area contributed by atoms with Gasteiger partial charge in [0, 0.05) is 7.05 Å². The molecule has 10 heteroatoms. The minimum Gasteiger partial charge on any atom is -0.393 e. The fourth-order valence-electron chi connectivity index (χ4n) is 2.75. The standard InChI is InChI=1S/C13H21N3O7/c1-7-4-5-23-13(8(18)11(2,21)6-17)10(20)14-12(7,16(3)22)9(19)15-13/h8,17-18,21-22H,1,4-6H2,2-3H3,(H,14,20)(H,15,19)/t8-,11-,12+,13?/m0/s1. The van der Waals surface area contributed by atoms with Crippen LogP contribution in [0, 0.1) is 0 Å². The van der Waals surface area contributed by atoms with Gasteiger partial charge in [0.2, 0.25) is 5.66 Å². The molecule has 0 spiro atoms. The van der Waals surface area contributed by atoms with Gasteiger partial charge in [-0.05, 0) is 18.9 Å². The molecule has 0 saturated carbocycles. The molecule has 10 nitrogen and oxygen atoms in total. The molecule has 4 atom stereocenters. The molecule has 3 saturated heterocycles. The zero-order valence-electron chi connectivity index (χ0n) is 12.9. The van der Waals surface area contributed by atoms with E-state index in [2.05, 4.69) is 17.2 Å². The second kappa shape index (κ2) is 5.51. The first-order valence-electron chi connectivity index (χ1n) is 6.96. The first-order chi connectivity index (χ1) is 10.5. The summed E-state index contributed by atoms with van der Waals surface area (Å²) in [6, 6.07) is 0. The van der Waals surface area contributed by atoms with Crippen LogP contribution in [0.2, 0.25) is 0 Å². The molecule has 3 fully saturated rings. The molecule has 1 unspecified atom stereocenters. The quantitative estimate of drug-likeness (QED) is 0.236. The number of ether oxygens (including phenoxy) is 1. The number of hydroxylamine groups is 2. The number of fused-ring (bicyclic) bond motifs is 5. The van der Waals surface area contributed by atoms with Gasteiger partial charge in [0.1, 0.15) is 11.7 Å². The Morgan fingerprint density at radius 1 is 1.43 bits per heavy atom. The number of nitrogens with one attached hydrogen (secondary N) is 2. The largest absolute Gasteiger partial charge is 0.393 e. The van der Waals surface area contributed by atoms with Crippen molar-refractivity contribution in [1.82, 2.24) is 15.7 Å². The van der Waals surface area contributed by atoms with Crippen LogP contribution in [0.3, 0.4) is 0 Å². The monoisotopic (exact) mass is 331 g/mol. The van der Waals surface area contributed by atoms with Gasteiger partial charge in [-0.1, -0.05) is 6.58 Å². The van der Waals surface area contributed by atoms with Crippen molar-refractivity contribution >= 4 is 11.8 Å². The average molecular weight is 331 g/mol. The number of carbonyl (C=O) groups is 2. The van der Waals surface area contributed by atoms with Crippen LogP contribution in [0.15, 0.2) is 12.2 Å². The lowest BCUT2D eigenvalue weighted by Crippen LogP contribution is -2.85. The molecule has 2 amide bonds. The van der Waals surface area contributed by atoms with E-state index in [4.69, 9.17) is 4.74 Å². The number of carbonyl (C=O) groups excluding carboxylic acids is 2. The van der Waals surface area contributed by atoms with Crippen molar-refractivity contribution in [3.8, 4) is 0 Å². The molecule has 3 aliphatic heterocycles. The number of amides is 2. The Labute approximate surface area is 132 Å². The predicted octanol–water partition coefficient (Wildman–Crippen LogP) is -2.97. The third-order valence-corrected chi connectivity index (χ3v) is 4.28. The number of piperazine rings is 1. The van der Waals surface area contributed by atoms with Crippen molar-refractivity contribution in [3.05, 3.63) is 12.2 Å². The lowest BCUT2D eigenvalue weighted by molar-refractivity contribution is -0.238. The Balaban J connectivity index is 2.53. The van der Waals surface area contributed by atoms with Gasteiger partial charge >= 0.3 is 0 Å². The van der Waals surface area contributed by atoms with Crippen LogP contribution in [0.25, 0.3) is 0 Å². The number of likely N-dealkylation sites (N-methyl/N-ethyl adjacent to an activating group) is 1. The van der Waals surface area contributed by atoms with Gasteiger partial charge in [-0.25, -0.2) is 0 Å². The molecule has 0 aromatic carbocycles. The summed E-state index contributed by atoms with van der Waals surface area (Å²) in [6.45, 7) is 3.80. The average Bonchev–Trinajstić information content (AvgIpc) is 2.47. The molecule has 3 aliphatic rings. The molecule has 3 rings (SSSR count). The van der Waals surface area contributed by atoms with Gasteiger partial charge in [-0.15, -0.1) is 0 Å². The smallest absolute Gasteiger partial charge is 0.278 e. The van der Waals surface area contributed by atoms with Crippen LogP contribution in [-0.2, 0) is 14.3 Å². The Kier molecular flexibility index (Phi) is 4.26. The van der Waals surface area contributed by atoms with Crippen LogP contribution in [-0.4, -0.2) is 80.8 Å². The zero-order chi connectivity index (χ0) is 17.6. The minimum absolute atomic E-state index is 0.105. The highest BCUT2D eigenvalue weighted by atomic mass is 16.5. The van der Waals surface area contributed by atoms with E-state index in [1.165, 1.54) is 7.05 Å². The van der Waals surface area contributed by atoms with Gasteiger partial charge in [0.25, 0.3) is 17.5 Å². The summed E-state index contributed by atoms with van der Waals surface area (Å²) in [7, 11) is 1.17. The molecule has 0 aromatic heterocycles. The van der Waals surface area contributed by atoms with E-state index in [1.54, 1.807) is 0 Å². The zero-order valence-corrected chi connectivity index (χ0v) is 12.9. The molecule has 2 bridgehead atoms. The normalized spacial score (nSPS) is 35.2.